The second-order valence-corrected chi connectivity index (χ2v) is 3.57. The van der Waals surface area contributed by atoms with Gasteiger partial charge < -0.3 is 0 Å². The number of pyridine rings is 1. The monoisotopic (exact) mass is 202 g/mol. The fourth-order valence-electron chi connectivity index (χ4n) is 1.72. The van der Waals surface area contributed by atoms with E-state index in [2.05, 4.69) is 4.98 Å². The minimum absolute atomic E-state index is 0.973. The molecule has 0 radical (unpaired) electrons. The molecule has 3 rings (SSSR count). The molecule has 14 heavy (non-hydrogen) atoms. The lowest BCUT2D eigenvalue weighted by Crippen LogP contribution is -1.82. The van der Waals surface area contributed by atoms with Gasteiger partial charge in [-0.05, 0) is 12.1 Å². The lowest BCUT2D eigenvalue weighted by atomic mass is 10.2. The van der Waals surface area contributed by atoms with Gasteiger partial charge in [0.2, 0.25) is 0 Å². The first-order valence-corrected chi connectivity index (χ1v) is 4.71. The molecule has 0 saturated heterocycles. The van der Waals surface area contributed by atoms with Crippen molar-refractivity contribution in [3.63, 3.8) is 0 Å². The highest BCUT2D eigenvalue weighted by Gasteiger charge is 2.04. The van der Waals surface area contributed by atoms with Crippen LogP contribution in [0.5, 0.6) is 0 Å². The van der Waals surface area contributed by atoms with Gasteiger partial charge >= 0.3 is 0 Å². The number of hydrogen-bond acceptors (Lipinski definition) is 1. The maximum absolute atomic E-state index is 6.04. The molecule has 0 saturated carbocycles. The van der Waals surface area contributed by atoms with Crippen LogP contribution in [0.3, 0.4) is 0 Å². The summed E-state index contributed by atoms with van der Waals surface area (Å²) in [6.07, 6.45) is 3.68. The van der Waals surface area contributed by atoms with Crippen LogP contribution < -0.4 is 0 Å². The molecule has 0 amide bonds. The van der Waals surface area contributed by atoms with Gasteiger partial charge in [-0.3, -0.25) is 9.07 Å². The fourth-order valence-corrected chi connectivity index (χ4v) is 1.97. The van der Waals surface area contributed by atoms with Gasteiger partial charge in [0.15, 0.2) is 0 Å². The number of benzene rings is 1. The van der Waals surface area contributed by atoms with Crippen molar-refractivity contribution in [3.05, 3.63) is 42.7 Å². The van der Waals surface area contributed by atoms with E-state index in [0.29, 0.717) is 0 Å². The highest BCUT2D eigenvalue weighted by molar-refractivity contribution is 6.22. The lowest BCUT2D eigenvalue weighted by Gasteiger charge is -1.99. The van der Waals surface area contributed by atoms with Crippen LogP contribution in [0, 0.1) is 0 Å². The van der Waals surface area contributed by atoms with E-state index in [1.165, 1.54) is 0 Å². The predicted molar refractivity (Wildman–Crippen MR) is 58.5 cm³/mol. The zero-order chi connectivity index (χ0) is 9.54. The molecule has 68 valence electrons. The summed E-state index contributed by atoms with van der Waals surface area (Å²) >= 11 is 6.04. The second-order valence-electron chi connectivity index (χ2n) is 3.21. The van der Waals surface area contributed by atoms with Gasteiger partial charge in [-0.2, -0.15) is 0 Å². The van der Waals surface area contributed by atoms with E-state index in [1.54, 1.807) is 4.09 Å². The molecule has 0 fully saturated rings. The fraction of sp³-hybridized carbons (Fsp3) is 0. The molecule has 0 unspecified atom stereocenters. The molecule has 0 aliphatic heterocycles. The van der Waals surface area contributed by atoms with E-state index in [1.807, 2.05) is 42.7 Å². The molecule has 2 heterocycles. The number of halogens is 1. The van der Waals surface area contributed by atoms with E-state index in [9.17, 15) is 0 Å². The topological polar surface area (TPSA) is 17.8 Å². The van der Waals surface area contributed by atoms with Gasteiger partial charge in [-0.1, -0.05) is 18.2 Å². The first-order chi connectivity index (χ1) is 6.86. The number of rotatable bonds is 0. The smallest absolute Gasteiger partial charge is 0.0756 e. The zero-order valence-corrected chi connectivity index (χ0v) is 8.07. The maximum atomic E-state index is 6.04. The third kappa shape index (κ3) is 0.946. The summed E-state index contributed by atoms with van der Waals surface area (Å²) in [7, 11) is 0. The Bertz CT molecular complexity index is 613. The number of fused-ring (bicyclic) bond motifs is 3. The summed E-state index contributed by atoms with van der Waals surface area (Å²) in [5.41, 5.74) is 2.00. The van der Waals surface area contributed by atoms with Crippen molar-refractivity contribution in [2.45, 2.75) is 0 Å². The van der Waals surface area contributed by atoms with Crippen molar-refractivity contribution in [1.29, 1.82) is 0 Å². The Morgan fingerprint density at radius 1 is 1.14 bits per heavy atom. The molecule has 2 aromatic heterocycles. The van der Waals surface area contributed by atoms with Gasteiger partial charge in [-0.25, -0.2) is 0 Å². The SMILES string of the molecule is Cln1ccc2cnc3ccccc3c21. The zero-order valence-electron chi connectivity index (χ0n) is 7.31. The number of nitrogens with zero attached hydrogens (tertiary/aromatic N) is 2. The highest BCUT2D eigenvalue weighted by Crippen LogP contribution is 2.24. The Morgan fingerprint density at radius 2 is 2.00 bits per heavy atom. The van der Waals surface area contributed by atoms with Gasteiger partial charge in [0.05, 0.1) is 11.0 Å². The normalized spacial score (nSPS) is 11.2. The maximum Gasteiger partial charge on any atom is 0.0756 e. The predicted octanol–water partition coefficient (Wildman–Crippen LogP) is 3.19. The van der Waals surface area contributed by atoms with Crippen LogP contribution in [0.4, 0.5) is 0 Å². The van der Waals surface area contributed by atoms with E-state index in [0.717, 1.165) is 21.8 Å². The van der Waals surface area contributed by atoms with E-state index in [4.69, 9.17) is 11.8 Å². The van der Waals surface area contributed by atoms with Crippen LogP contribution in [0.1, 0.15) is 0 Å². The van der Waals surface area contributed by atoms with Crippen LogP contribution in [0.15, 0.2) is 42.7 Å². The average Bonchev–Trinajstić information content (AvgIpc) is 2.61. The van der Waals surface area contributed by atoms with E-state index < -0.39 is 0 Å². The Hall–Kier alpha value is -1.54. The largest absolute Gasteiger partial charge is 0.260 e. The first kappa shape index (κ1) is 7.83. The van der Waals surface area contributed by atoms with Crippen molar-refractivity contribution < 1.29 is 0 Å². The van der Waals surface area contributed by atoms with Crippen molar-refractivity contribution in [1.82, 2.24) is 9.07 Å². The molecule has 0 aliphatic carbocycles. The van der Waals surface area contributed by atoms with Crippen molar-refractivity contribution in [3.8, 4) is 0 Å². The van der Waals surface area contributed by atoms with E-state index >= 15 is 0 Å². The van der Waals surface area contributed by atoms with Gasteiger partial charge in [0.25, 0.3) is 0 Å². The van der Waals surface area contributed by atoms with Crippen LogP contribution in [-0.4, -0.2) is 9.07 Å². The third-order valence-electron chi connectivity index (χ3n) is 2.37. The highest BCUT2D eigenvalue weighted by atomic mass is 35.5. The molecule has 3 aromatic rings. The minimum Gasteiger partial charge on any atom is -0.260 e. The molecular weight excluding hydrogens is 196 g/mol. The molecule has 0 bridgehead atoms. The standard InChI is InChI=1S/C11H7ClN2/c12-14-6-5-8-7-13-10-4-2-1-3-9(10)11(8)14/h1-7H. The van der Waals surface area contributed by atoms with Crippen LogP contribution in [0.25, 0.3) is 21.8 Å². The van der Waals surface area contributed by atoms with Gasteiger partial charge in [0.1, 0.15) is 0 Å². The van der Waals surface area contributed by atoms with Gasteiger partial charge in [-0.15, -0.1) is 0 Å². The summed E-state index contributed by atoms with van der Waals surface area (Å²) in [5, 5.41) is 2.16. The Kier molecular flexibility index (Phi) is 1.52. The Morgan fingerprint density at radius 3 is 2.93 bits per heavy atom. The molecule has 3 heteroatoms. The van der Waals surface area contributed by atoms with Crippen molar-refractivity contribution in [2.75, 3.05) is 0 Å². The van der Waals surface area contributed by atoms with Crippen LogP contribution >= 0.6 is 11.8 Å². The summed E-state index contributed by atoms with van der Waals surface area (Å²) in [5.74, 6) is 0. The molecule has 2 nitrogen and oxygen atoms in total. The molecule has 0 aliphatic rings. The average molecular weight is 203 g/mol. The number of para-hydroxylation sites is 1. The van der Waals surface area contributed by atoms with Crippen LogP contribution in [-0.2, 0) is 0 Å². The third-order valence-corrected chi connectivity index (χ3v) is 2.66. The molecule has 1 aromatic carbocycles. The second kappa shape index (κ2) is 2.72. The Labute approximate surface area is 85.8 Å². The minimum atomic E-state index is 0.973. The van der Waals surface area contributed by atoms with E-state index in [-0.39, 0.29) is 0 Å². The van der Waals surface area contributed by atoms with Crippen molar-refractivity contribution in [2.24, 2.45) is 0 Å². The lowest BCUT2D eigenvalue weighted by molar-refractivity contribution is 1.33. The Balaban J connectivity index is 2.65. The molecule has 0 N–H and O–H groups in total. The van der Waals surface area contributed by atoms with Crippen LogP contribution in [0.2, 0.25) is 0 Å². The summed E-state index contributed by atoms with van der Waals surface area (Å²) in [6.45, 7) is 0. The number of hydrogen-bond donors (Lipinski definition) is 0. The summed E-state index contributed by atoms with van der Waals surface area (Å²) < 4.78 is 1.61. The number of aromatic nitrogens is 2. The summed E-state index contributed by atoms with van der Waals surface area (Å²) in [6, 6.07) is 9.94. The molecular formula is C11H7ClN2. The summed E-state index contributed by atoms with van der Waals surface area (Å²) in [4.78, 5) is 4.35. The first-order valence-electron chi connectivity index (χ1n) is 4.37. The molecule has 0 spiro atoms. The molecule has 0 atom stereocenters. The van der Waals surface area contributed by atoms with Gasteiger partial charge in [0, 0.05) is 34.9 Å². The van der Waals surface area contributed by atoms with Crippen molar-refractivity contribution >= 4 is 33.6 Å². The quantitative estimate of drug-likeness (QED) is 0.548.